The van der Waals surface area contributed by atoms with Crippen molar-refractivity contribution in [3.63, 3.8) is 0 Å². The fraction of sp³-hybridized carbons (Fsp3) is 0.417. The van der Waals surface area contributed by atoms with Gasteiger partial charge in [0, 0.05) is 12.7 Å². The van der Waals surface area contributed by atoms with E-state index in [4.69, 9.17) is 4.42 Å². The molecule has 1 fully saturated rings. The molecular weight excluding hydrogens is 296 g/mol. The van der Waals surface area contributed by atoms with Crippen LogP contribution in [0.25, 0.3) is 11.5 Å². The summed E-state index contributed by atoms with van der Waals surface area (Å²) in [5.41, 5.74) is 0.593. The van der Waals surface area contributed by atoms with E-state index in [-0.39, 0.29) is 5.09 Å². The zero-order valence-electron chi connectivity index (χ0n) is 11.1. The van der Waals surface area contributed by atoms with E-state index >= 15 is 0 Å². The number of aliphatic hydroxyl groups is 1. The molecule has 1 aliphatic heterocycles. The maximum atomic E-state index is 12.3. The molecule has 21 heavy (non-hydrogen) atoms. The van der Waals surface area contributed by atoms with Crippen molar-refractivity contribution < 1.29 is 17.9 Å². The first-order valence-electron chi connectivity index (χ1n) is 6.57. The monoisotopic (exact) mass is 312 g/mol. The third-order valence-electron chi connectivity index (χ3n) is 3.36. The quantitative estimate of drug-likeness (QED) is 0.613. The molecule has 8 nitrogen and oxygen atoms in total. The van der Waals surface area contributed by atoms with Crippen molar-refractivity contribution in [3.05, 3.63) is 24.4 Å². The maximum absolute atomic E-state index is 12.3. The molecule has 4 N–H and O–H groups in total. The number of H-pyrrole nitrogens is 1. The van der Waals surface area contributed by atoms with Gasteiger partial charge in [-0.2, -0.15) is 5.10 Å². The summed E-state index contributed by atoms with van der Waals surface area (Å²) in [5, 5.41) is 19.1. The van der Waals surface area contributed by atoms with Crippen LogP contribution in [0.4, 0.5) is 0 Å². The van der Waals surface area contributed by atoms with E-state index in [1.165, 1.54) is 6.07 Å². The number of nitrogens with zero attached hydrogens (tertiary/aromatic N) is 1. The van der Waals surface area contributed by atoms with Gasteiger partial charge in [0.25, 0.3) is 10.0 Å². The van der Waals surface area contributed by atoms with Gasteiger partial charge < -0.3 is 14.8 Å². The van der Waals surface area contributed by atoms with Crippen molar-refractivity contribution in [1.82, 2.24) is 20.2 Å². The molecule has 1 saturated heterocycles. The minimum Gasteiger partial charge on any atom is -0.442 e. The Kier molecular flexibility index (Phi) is 3.81. The molecule has 0 unspecified atom stereocenters. The van der Waals surface area contributed by atoms with Gasteiger partial charge in [-0.3, -0.25) is 5.10 Å². The van der Waals surface area contributed by atoms with E-state index in [2.05, 4.69) is 20.2 Å². The van der Waals surface area contributed by atoms with Crippen LogP contribution in [0, 0.1) is 0 Å². The van der Waals surface area contributed by atoms with Gasteiger partial charge in [-0.05, 0) is 31.2 Å². The lowest BCUT2D eigenvalue weighted by atomic mass is 10.1. The number of rotatable bonds is 4. The highest BCUT2D eigenvalue weighted by atomic mass is 32.2. The van der Waals surface area contributed by atoms with Gasteiger partial charge in [0.1, 0.15) is 5.69 Å². The number of aliphatic hydroxyl groups excluding tert-OH is 1. The van der Waals surface area contributed by atoms with Gasteiger partial charge in [0.2, 0.25) is 5.09 Å². The third-order valence-corrected chi connectivity index (χ3v) is 4.73. The molecule has 3 heterocycles. The molecule has 2 atom stereocenters. The lowest BCUT2D eigenvalue weighted by molar-refractivity contribution is 0.109. The Bertz CT molecular complexity index is 695. The van der Waals surface area contributed by atoms with Crippen LogP contribution in [0.2, 0.25) is 0 Å². The third kappa shape index (κ3) is 3.00. The number of hydrogen-bond donors (Lipinski definition) is 4. The fourth-order valence-corrected chi connectivity index (χ4v) is 3.43. The normalized spacial score (nSPS) is 23.3. The summed E-state index contributed by atoms with van der Waals surface area (Å²) in [5.74, 6) is 0.384. The molecule has 2 aromatic heterocycles. The zero-order valence-corrected chi connectivity index (χ0v) is 11.9. The second-order valence-corrected chi connectivity index (χ2v) is 6.52. The molecule has 0 spiro atoms. The van der Waals surface area contributed by atoms with E-state index < -0.39 is 22.2 Å². The van der Waals surface area contributed by atoms with E-state index in [1.54, 1.807) is 18.3 Å². The van der Waals surface area contributed by atoms with Crippen LogP contribution in [0.3, 0.4) is 0 Å². The van der Waals surface area contributed by atoms with Crippen LogP contribution in [-0.2, 0) is 10.0 Å². The maximum Gasteiger partial charge on any atom is 0.274 e. The van der Waals surface area contributed by atoms with E-state index in [1.807, 2.05) is 0 Å². The minimum atomic E-state index is -3.81. The summed E-state index contributed by atoms with van der Waals surface area (Å²) in [4.78, 5) is 0. The van der Waals surface area contributed by atoms with Crippen molar-refractivity contribution in [2.75, 3.05) is 13.1 Å². The number of furan rings is 1. The first-order chi connectivity index (χ1) is 10.1. The molecule has 0 amide bonds. The molecule has 0 aromatic carbocycles. The lowest BCUT2D eigenvalue weighted by Crippen LogP contribution is -2.53. The van der Waals surface area contributed by atoms with Gasteiger partial charge in [-0.1, -0.05) is 0 Å². The van der Waals surface area contributed by atoms with Crippen molar-refractivity contribution in [1.29, 1.82) is 0 Å². The summed E-state index contributed by atoms with van der Waals surface area (Å²) < 4.78 is 32.3. The highest BCUT2D eigenvalue weighted by Crippen LogP contribution is 2.22. The summed E-state index contributed by atoms with van der Waals surface area (Å²) in [6, 6.07) is 4.04. The molecule has 2 aromatic rings. The first-order valence-corrected chi connectivity index (χ1v) is 8.05. The fourth-order valence-electron chi connectivity index (χ4n) is 2.22. The van der Waals surface area contributed by atoms with Crippen molar-refractivity contribution in [2.24, 2.45) is 0 Å². The average Bonchev–Trinajstić information content (AvgIpc) is 3.11. The number of sulfonamides is 1. The van der Waals surface area contributed by atoms with Gasteiger partial charge in [0.05, 0.1) is 12.1 Å². The van der Waals surface area contributed by atoms with E-state index in [9.17, 15) is 13.5 Å². The van der Waals surface area contributed by atoms with Crippen molar-refractivity contribution in [2.45, 2.75) is 23.7 Å². The Morgan fingerprint density at radius 3 is 2.95 bits per heavy atom. The average molecular weight is 312 g/mol. The standard InChI is InChI=1S/C12H16N4O4S/c17-10-4-5-13-7-9(10)16-21(18,19)12-2-1-11(20-12)8-3-6-14-15-8/h1-3,6,9-10,13,16-17H,4-5,7H2,(H,14,15)/t9-,10+/m0/s1. The molecule has 1 aliphatic rings. The van der Waals surface area contributed by atoms with Gasteiger partial charge in [0.15, 0.2) is 5.76 Å². The number of piperidine rings is 1. The molecular formula is C12H16N4O4S. The van der Waals surface area contributed by atoms with Gasteiger partial charge in [-0.15, -0.1) is 0 Å². The van der Waals surface area contributed by atoms with E-state index in [0.29, 0.717) is 31.0 Å². The van der Waals surface area contributed by atoms with Crippen molar-refractivity contribution in [3.8, 4) is 11.5 Å². The Balaban J connectivity index is 1.78. The van der Waals surface area contributed by atoms with Crippen LogP contribution in [-0.4, -0.2) is 49.0 Å². The minimum absolute atomic E-state index is 0.190. The van der Waals surface area contributed by atoms with Gasteiger partial charge >= 0.3 is 0 Å². The number of nitrogens with one attached hydrogen (secondary N) is 3. The van der Waals surface area contributed by atoms with Crippen LogP contribution in [0.1, 0.15) is 6.42 Å². The molecule has 0 aliphatic carbocycles. The second kappa shape index (κ2) is 5.60. The highest BCUT2D eigenvalue weighted by Gasteiger charge is 2.29. The van der Waals surface area contributed by atoms with Crippen LogP contribution in [0.15, 0.2) is 33.9 Å². The highest BCUT2D eigenvalue weighted by molar-refractivity contribution is 7.89. The SMILES string of the molecule is O=S(=O)(N[C@H]1CNCC[C@H]1O)c1ccc(-c2ccn[nH]2)o1. The number of aromatic amines is 1. The largest absolute Gasteiger partial charge is 0.442 e. The van der Waals surface area contributed by atoms with Crippen LogP contribution < -0.4 is 10.0 Å². The van der Waals surface area contributed by atoms with Gasteiger partial charge in [-0.25, -0.2) is 13.1 Å². The van der Waals surface area contributed by atoms with Crippen LogP contribution >= 0.6 is 0 Å². The predicted octanol–water partition coefficient (Wildman–Crippen LogP) is -0.329. The second-order valence-electron chi connectivity index (χ2n) is 4.88. The van der Waals surface area contributed by atoms with Crippen molar-refractivity contribution >= 4 is 10.0 Å². The molecule has 0 saturated carbocycles. The Morgan fingerprint density at radius 2 is 2.24 bits per heavy atom. The molecule has 3 rings (SSSR count). The lowest BCUT2D eigenvalue weighted by Gasteiger charge is -2.28. The summed E-state index contributed by atoms with van der Waals surface area (Å²) >= 11 is 0. The smallest absolute Gasteiger partial charge is 0.274 e. The summed E-state index contributed by atoms with van der Waals surface area (Å²) in [6.45, 7) is 1.05. The summed E-state index contributed by atoms with van der Waals surface area (Å²) in [7, 11) is -3.81. The predicted molar refractivity (Wildman–Crippen MR) is 73.9 cm³/mol. The zero-order chi connectivity index (χ0) is 14.9. The van der Waals surface area contributed by atoms with Crippen LogP contribution in [0.5, 0.6) is 0 Å². The Hall–Kier alpha value is -1.68. The molecule has 9 heteroatoms. The molecule has 0 bridgehead atoms. The molecule has 0 radical (unpaired) electrons. The topological polar surface area (TPSA) is 120 Å². The number of hydrogen-bond acceptors (Lipinski definition) is 6. The summed E-state index contributed by atoms with van der Waals surface area (Å²) in [6.07, 6.45) is 1.35. The Labute approximate surface area is 121 Å². The number of aromatic nitrogens is 2. The van der Waals surface area contributed by atoms with E-state index in [0.717, 1.165) is 0 Å². The Morgan fingerprint density at radius 1 is 1.38 bits per heavy atom. The first kappa shape index (κ1) is 14.3. The molecule has 114 valence electrons.